The lowest BCUT2D eigenvalue weighted by molar-refractivity contribution is 0.238. The van der Waals surface area contributed by atoms with E-state index in [0.717, 1.165) is 17.9 Å². The maximum Gasteiger partial charge on any atom is 0.213 e. The predicted octanol–water partition coefficient (Wildman–Crippen LogP) is 4.72. The third-order valence-corrected chi connectivity index (χ3v) is 3.25. The summed E-state index contributed by atoms with van der Waals surface area (Å²) in [5, 5.41) is 0. The Morgan fingerprint density at radius 1 is 0.667 bits per heavy atom. The molecule has 0 fully saturated rings. The highest BCUT2D eigenvalue weighted by molar-refractivity contribution is 5.42. The Labute approximate surface area is 141 Å². The van der Waals surface area contributed by atoms with Crippen LogP contribution >= 0.6 is 0 Å². The molecule has 0 saturated heterocycles. The SMILES string of the molecule is c1ccc(Oc2ccccc2OCCCOc2ccccn2)cc1. The monoisotopic (exact) mass is 321 g/mol. The molecular formula is C20H19NO3. The molecule has 0 aliphatic rings. The van der Waals surface area contributed by atoms with Crippen molar-refractivity contribution >= 4 is 0 Å². The van der Waals surface area contributed by atoms with Crippen molar-refractivity contribution in [3.63, 3.8) is 0 Å². The van der Waals surface area contributed by atoms with Gasteiger partial charge in [-0.05, 0) is 30.3 Å². The van der Waals surface area contributed by atoms with Crippen LogP contribution in [0.5, 0.6) is 23.1 Å². The minimum atomic E-state index is 0.544. The number of pyridine rings is 1. The van der Waals surface area contributed by atoms with Crippen molar-refractivity contribution in [3.05, 3.63) is 79.0 Å². The minimum Gasteiger partial charge on any atom is -0.490 e. The third kappa shape index (κ3) is 4.74. The first-order valence-electron chi connectivity index (χ1n) is 7.90. The fraction of sp³-hybridized carbons (Fsp3) is 0.150. The van der Waals surface area contributed by atoms with Crippen LogP contribution in [-0.4, -0.2) is 18.2 Å². The maximum atomic E-state index is 5.87. The molecule has 3 aromatic rings. The van der Waals surface area contributed by atoms with Crippen LogP contribution in [0.2, 0.25) is 0 Å². The topological polar surface area (TPSA) is 40.6 Å². The van der Waals surface area contributed by atoms with Crippen LogP contribution in [0.1, 0.15) is 6.42 Å². The first-order valence-corrected chi connectivity index (χ1v) is 7.90. The van der Waals surface area contributed by atoms with Gasteiger partial charge in [-0.15, -0.1) is 0 Å². The molecule has 0 bridgehead atoms. The molecule has 2 aromatic carbocycles. The molecule has 1 aromatic heterocycles. The second-order valence-corrected chi connectivity index (χ2v) is 5.08. The van der Waals surface area contributed by atoms with Gasteiger partial charge in [0.2, 0.25) is 5.88 Å². The smallest absolute Gasteiger partial charge is 0.213 e. The Bertz CT molecular complexity index is 732. The van der Waals surface area contributed by atoms with Crippen LogP contribution in [0.15, 0.2) is 79.0 Å². The van der Waals surface area contributed by atoms with Gasteiger partial charge in [-0.25, -0.2) is 4.98 Å². The number of rotatable bonds is 8. The van der Waals surface area contributed by atoms with Gasteiger partial charge in [0.25, 0.3) is 0 Å². The quantitative estimate of drug-likeness (QED) is 0.563. The van der Waals surface area contributed by atoms with Gasteiger partial charge in [-0.1, -0.05) is 36.4 Å². The van der Waals surface area contributed by atoms with E-state index < -0.39 is 0 Å². The number of nitrogens with zero attached hydrogens (tertiary/aromatic N) is 1. The summed E-state index contributed by atoms with van der Waals surface area (Å²) in [6, 6.07) is 22.9. The Morgan fingerprint density at radius 2 is 1.38 bits per heavy atom. The molecule has 4 nitrogen and oxygen atoms in total. The number of ether oxygens (including phenoxy) is 3. The van der Waals surface area contributed by atoms with E-state index in [4.69, 9.17) is 14.2 Å². The lowest BCUT2D eigenvalue weighted by Crippen LogP contribution is -2.06. The number of aromatic nitrogens is 1. The lowest BCUT2D eigenvalue weighted by Gasteiger charge is -2.12. The van der Waals surface area contributed by atoms with Gasteiger partial charge >= 0.3 is 0 Å². The van der Waals surface area contributed by atoms with Gasteiger partial charge in [0, 0.05) is 18.7 Å². The average molecular weight is 321 g/mol. The van der Waals surface area contributed by atoms with Crippen LogP contribution in [0.25, 0.3) is 0 Å². The molecule has 122 valence electrons. The van der Waals surface area contributed by atoms with Crippen molar-refractivity contribution in [3.8, 4) is 23.1 Å². The first kappa shape index (κ1) is 15.9. The van der Waals surface area contributed by atoms with Crippen LogP contribution < -0.4 is 14.2 Å². The molecule has 0 spiro atoms. The molecule has 0 N–H and O–H groups in total. The molecule has 24 heavy (non-hydrogen) atoms. The van der Waals surface area contributed by atoms with Crippen LogP contribution in [0, 0.1) is 0 Å². The largest absolute Gasteiger partial charge is 0.490 e. The average Bonchev–Trinajstić information content (AvgIpc) is 2.64. The van der Waals surface area contributed by atoms with Crippen molar-refractivity contribution in [2.75, 3.05) is 13.2 Å². The Hall–Kier alpha value is -3.01. The minimum absolute atomic E-state index is 0.544. The molecule has 0 amide bonds. The summed E-state index contributed by atoms with van der Waals surface area (Å²) in [5.74, 6) is 2.84. The zero-order chi connectivity index (χ0) is 16.5. The van der Waals surface area contributed by atoms with Crippen molar-refractivity contribution < 1.29 is 14.2 Å². The second-order valence-electron chi connectivity index (χ2n) is 5.08. The Kier molecular flexibility index (Phi) is 5.67. The van der Waals surface area contributed by atoms with Gasteiger partial charge in [0.15, 0.2) is 11.5 Å². The number of para-hydroxylation sites is 3. The standard InChI is InChI=1S/C20H19NO3/c1-2-9-17(10-3-1)24-19-12-5-4-11-18(19)22-15-8-16-23-20-13-6-7-14-21-20/h1-7,9-14H,8,15-16H2. The normalized spacial score (nSPS) is 10.2. The highest BCUT2D eigenvalue weighted by Crippen LogP contribution is 2.31. The fourth-order valence-corrected chi connectivity index (χ4v) is 2.12. The van der Waals surface area contributed by atoms with Gasteiger partial charge in [-0.3, -0.25) is 0 Å². The molecule has 0 aliphatic heterocycles. The Morgan fingerprint density at radius 3 is 2.17 bits per heavy atom. The van der Waals surface area contributed by atoms with Crippen LogP contribution in [0.3, 0.4) is 0 Å². The summed E-state index contributed by atoms with van der Waals surface area (Å²) < 4.78 is 17.2. The summed E-state index contributed by atoms with van der Waals surface area (Å²) in [4.78, 5) is 4.11. The zero-order valence-electron chi connectivity index (χ0n) is 13.3. The van der Waals surface area contributed by atoms with Crippen molar-refractivity contribution in [2.24, 2.45) is 0 Å². The van der Waals surface area contributed by atoms with E-state index in [0.29, 0.717) is 24.8 Å². The third-order valence-electron chi connectivity index (χ3n) is 3.25. The summed E-state index contributed by atoms with van der Waals surface area (Å²) in [5.41, 5.74) is 0. The molecular weight excluding hydrogens is 302 g/mol. The molecule has 0 aliphatic carbocycles. The summed E-state index contributed by atoms with van der Waals surface area (Å²) in [6.07, 6.45) is 2.47. The Balaban J connectivity index is 1.48. The summed E-state index contributed by atoms with van der Waals surface area (Å²) in [6.45, 7) is 1.10. The second kappa shape index (κ2) is 8.58. The number of hydrogen-bond acceptors (Lipinski definition) is 4. The highest BCUT2D eigenvalue weighted by Gasteiger charge is 2.05. The first-order chi connectivity index (χ1) is 11.9. The van der Waals surface area contributed by atoms with Crippen LogP contribution in [-0.2, 0) is 0 Å². The molecule has 0 saturated carbocycles. The lowest BCUT2D eigenvalue weighted by atomic mass is 10.3. The van der Waals surface area contributed by atoms with Crippen LogP contribution in [0.4, 0.5) is 0 Å². The van der Waals surface area contributed by atoms with Gasteiger partial charge in [0.05, 0.1) is 13.2 Å². The summed E-state index contributed by atoms with van der Waals surface area (Å²) >= 11 is 0. The van der Waals surface area contributed by atoms with Gasteiger partial charge in [-0.2, -0.15) is 0 Å². The molecule has 0 unspecified atom stereocenters. The van der Waals surface area contributed by atoms with E-state index >= 15 is 0 Å². The maximum absolute atomic E-state index is 5.87. The molecule has 1 heterocycles. The van der Waals surface area contributed by atoms with E-state index in [-0.39, 0.29) is 0 Å². The van der Waals surface area contributed by atoms with E-state index in [2.05, 4.69) is 4.98 Å². The van der Waals surface area contributed by atoms with Gasteiger partial charge < -0.3 is 14.2 Å². The van der Waals surface area contributed by atoms with Crippen molar-refractivity contribution in [2.45, 2.75) is 6.42 Å². The van der Waals surface area contributed by atoms with E-state index in [1.54, 1.807) is 6.20 Å². The van der Waals surface area contributed by atoms with Crippen molar-refractivity contribution in [1.29, 1.82) is 0 Å². The number of hydrogen-bond donors (Lipinski definition) is 0. The van der Waals surface area contributed by atoms with E-state index in [1.165, 1.54) is 0 Å². The molecule has 3 rings (SSSR count). The number of benzene rings is 2. The van der Waals surface area contributed by atoms with E-state index in [9.17, 15) is 0 Å². The highest BCUT2D eigenvalue weighted by atomic mass is 16.5. The molecule has 0 atom stereocenters. The predicted molar refractivity (Wildman–Crippen MR) is 92.8 cm³/mol. The molecule has 0 radical (unpaired) electrons. The van der Waals surface area contributed by atoms with E-state index in [1.807, 2.05) is 72.8 Å². The summed E-state index contributed by atoms with van der Waals surface area (Å²) in [7, 11) is 0. The van der Waals surface area contributed by atoms with Gasteiger partial charge in [0.1, 0.15) is 5.75 Å². The van der Waals surface area contributed by atoms with Crippen molar-refractivity contribution in [1.82, 2.24) is 4.98 Å². The molecule has 4 heteroatoms. The fourth-order valence-electron chi connectivity index (χ4n) is 2.12. The zero-order valence-corrected chi connectivity index (χ0v) is 13.3.